The van der Waals surface area contributed by atoms with Crippen LogP contribution in [0.3, 0.4) is 0 Å². The van der Waals surface area contributed by atoms with Gasteiger partial charge >= 0.3 is 0 Å². The Bertz CT molecular complexity index is 50.8. The largest absolute Gasteiger partial charge is 0.878 e. The van der Waals surface area contributed by atoms with Gasteiger partial charge in [0.2, 0.25) is 0 Å². The maximum Gasteiger partial charge on any atom is -0.0590 e. The van der Waals surface area contributed by atoms with E-state index in [9.17, 15) is 10.2 Å². The maximum absolute atomic E-state index is 9.62. The average molecular weight is 87.1 g/mol. The molecule has 36 valence electrons. The zero-order valence-electron chi connectivity index (χ0n) is 3.13. The smallest absolute Gasteiger partial charge is 0.0590 e. The molecule has 6 heavy (non-hydrogen) atoms. The molecule has 0 aliphatic heterocycles. The first-order valence-electron chi connectivity index (χ1n) is 1.47. The van der Waals surface area contributed by atoms with E-state index >= 15 is 0 Å². The second kappa shape index (κ2) is 2.68. The van der Waals surface area contributed by atoms with Crippen LogP contribution in [-0.2, 0) is 0 Å². The van der Waals surface area contributed by atoms with Gasteiger partial charge in [-0.3, -0.25) is 0 Å². The Hall–Kier alpha value is -0.540. The van der Waals surface area contributed by atoms with Crippen LogP contribution in [0.5, 0.6) is 0 Å². The van der Waals surface area contributed by atoms with E-state index in [0.29, 0.717) is 6.26 Å². The second-order valence-corrected chi connectivity index (χ2v) is 0.793. The van der Waals surface area contributed by atoms with Crippen LogP contribution in [0.1, 0.15) is 0 Å². The Morgan fingerprint density at radius 2 is 2.17 bits per heavy atom. The fourth-order valence-corrected chi connectivity index (χ4v) is 0.0774. The number of hydrogen-bond donors (Lipinski definition) is 1. The molecule has 3 nitrogen and oxygen atoms in total. The first-order chi connectivity index (χ1) is 2.77. The van der Waals surface area contributed by atoms with Gasteiger partial charge in [-0.2, -0.15) is 6.26 Å². The SMILES string of the molecule is N[C@@H]([O-])/C=C/[O-]. The van der Waals surface area contributed by atoms with Gasteiger partial charge in [-0.1, -0.05) is 12.3 Å². The molecule has 0 saturated carbocycles. The summed E-state index contributed by atoms with van der Waals surface area (Å²) in [7, 11) is 0. The molecule has 0 radical (unpaired) electrons. The highest BCUT2D eigenvalue weighted by Crippen LogP contribution is 1.58. The maximum atomic E-state index is 9.62. The molecular weight excluding hydrogens is 82.0 g/mol. The summed E-state index contributed by atoms with van der Waals surface area (Å²) in [5, 5.41) is 18.9. The first-order valence-corrected chi connectivity index (χ1v) is 1.47. The van der Waals surface area contributed by atoms with Crippen LogP contribution in [-0.4, -0.2) is 6.23 Å². The van der Waals surface area contributed by atoms with Gasteiger partial charge in [0.1, 0.15) is 0 Å². The van der Waals surface area contributed by atoms with Gasteiger partial charge in [0, 0.05) is 0 Å². The van der Waals surface area contributed by atoms with Crippen molar-refractivity contribution in [2.45, 2.75) is 6.23 Å². The van der Waals surface area contributed by atoms with Crippen molar-refractivity contribution in [1.82, 2.24) is 0 Å². The summed E-state index contributed by atoms with van der Waals surface area (Å²) in [5.41, 5.74) is 4.56. The van der Waals surface area contributed by atoms with E-state index in [1.807, 2.05) is 0 Å². The molecule has 0 heterocycles. The summed E-state index contributed by atoms with van der Waals surface area (Å²) in [5.74, 6) is 0. The lowest BCUT2D eigenvalue weighted by molar-refractivity contribution is -0.403. The summed E-state index contributed by atoms with van der Waals surface area (Å²) in [6.45, 7) is 0. The van der Waals surface area contributed by atoms with Crippen LogP contribution in [0.2, 0.25) is 0 Å². The van der Waals surface area contributed by atoms with Crippen molar-refractivity contribution >= 4 is 0 Å². The standard InChI is InChI=1S/C3H6NO2/c4-3(6)1-2-5/h1-3,5H,4H2/q-1/p-1/b2-1+/t3-/m0/s1. The van der Waals surface area contributed by atoms with E-state index in [2.05, 4.69) is 5.73 Å². The van der Waals surface area contributed by atoms with E-state index in [-0.39, 0.29) is 0 Å². The molecule has 0 bridgehead atoms. The summed E-state index contributed by atoms with van der Waals surface area (Å²) in [6.07, 6.45) is -0.125. The summed E-state index contributed by atoms with van der Waals surface area (Å²) in [6, 6.07) is 0. The first kappa shape index (κ1) is 5.46. The molecule has 3 heteroatoms. The predicted molar refractivity (Wildman–Crippen MR) is 17.1 cm³/mol. The Kier molecular flexibility index (Phi) is 2.44. The highest BCUT2D eigenvalue weighted by atomic mass is 16.3. The zero-order chi connectivity index (χ0) is 4.99. The molecule has 0 unspecified atom stereocenters. The molecule has 0 fully saturated rings. The molecule has 0 aliphatic carbocycles. The molecule has 0 amide bonds. The third-order valence-corrected chi connectivity index (χ3v) is 0.268. The van der Waals surface area contributed by atoms with E-state index < -0.39 is 6.23 Å². The third-order valence-electron chi connectivity index (χ3n) is 0.268. The van der Waals surface area contributed by atoms with Crippen molar-refractivity contribution in [2.75, 3.05) is 0 Å². The molecular formula is C3H5NO2-2. The molecule has 0 saturated heterocycles. The summed E-state index contributed by atoms with van der Waals surface area (Å²) in [4.78, 5) is 0. The van der Waals surface area contributed by atoms with Crippen LogP contribution in [0.15, 0.2) is 12.3 Å². The van der Waals surface area contributed by atoms with Crippen LogP contribution in [0.25, 0.3) is 0 Å². The van der Waals surface area contributed by atoms with Crippen molar-refractivity contribution < 1.29 is 10.2 Å². The highest BCUT2D eigenvalue weighted by Gasteiger charge is 1.61. The molecule has 0 aromatic heterocycles. The number of hydrogen-bond acceptors (Lipinski definition) is 3. The van der Waals surface area contributed by atoms with E-state index in [4.69, 9.17) is 0 Å². The molecule has 0 aromatic carbocycles. The van der Waals surface area contributed by atoms with Gasteiger partial charge in [-0.15, -0.1) is 0 Å². The predicted octanol–water partition coefficient (Wildman–Crippen LogP) is -2.49. The topological polar surface area (TPSA) is 72.1 Å². The van der Waals surface area contributed by atoms with Gasteiger partial charge in [0.25, 0.3) is 0 Å². The zero-order valence-corrected chi connectivity index (χ0v) is 3.13. The van der Waals surface area contributed by atoms with Crippen LogP contribution in [0, 0.1) is 0 Å². The molecule has 2 N–H and O–H groups in total. The van der Waals surface area contributed by atoms with E-state index in [1.54, 1.807) is 0 Å². The molecule has 0 aliphatic rings. The fraction of sp³-hybridized carbons (Fsp3) is 0.333. The lowest BCUT2D eigenvalue weighted by atomic mass is 10.6. The normalized spacial score (nSPS) is 15.7. The third kappa shape index (κ3) is 3.46. The number of nitrogens with two attached hydrogens (primary N) is 1. The van der Waals surface area contributed by atoms with Crippen LogP contribution >= 0.6 is 0 Å². The van der Waals surface area contributed by atoms with E-state index in [0.717, 1.165) is 6.08 Å². The quantitative estimate of drug-likeness (QED) is 0.284. The van der Waals surface area contributed by atoms with Crippen molar-refractivity contribution in [3.8, 4) is 0 Å². The highest BCUT2D eigenvalue weighted by molar-refractivity contribution is 4.73. The molecule has 1 atom stereocenters. The Morgan fingerprint density at radius 3 is 2.17 bits per heavy atom. The minimum Gasteiger partial charge on any atom is -0.878 e. The monoisotopic (exact) mass is 87.0 g/mol. The van der Waals surface area contributed by atoms with Gasteiger partial charge in [0.05, 0.1) is 0 Å². The minimum absolute atomic E-state index is 0.387. The summed E-state index contributed by atoms with van der Waals surface area (Å²) >= 11 is 0. The van der Waals surface area contributed by atoms with Crippen molar-refractivity contribution in [2.24, 2.45) is 5.73 Å². The fourth-order valence-electron chi connectivity index (χ4n) is 0.0774. The van der Waals surface area contributed by atoms with Gasteiger partial charge in [-0.05, 0) is 0 Å². The lowest BCUT2D eigenvalue weighted by Crippen LogP contribution is -2.32. The Balaban J connectivity index is 3.03. The van der Waals surface area contributed by atoms with Crippen molar-refractivity contribution in [3.05, 3.63) is 12.3 Å². The Labute approximate surface area is 35.7 Å². The van der Waals surface area contributed by atoms with Gasteiger partial charge in [0.15, 0.2) is 0 Å². The Morgan fingerprint density at radius 1 is 1.67 bits per heavy atom. The van der Waals surface area contributed by atoms with Crippen LogP contribution < -0.4 is 15.9 Å². The van der Waals surface area contributed by atoms with Gasteiger partial charge in [-0.25, -0.2) is 0 Å². The summed E-state index contributed by atoms with van der Waals surface area (Å²) < 4.78 is 0. The molecule has 0 rings (SSSR count). The second-order valence-electron chi connectivity index (χ2n) is 0.793. The molecule has 0 spiro atoms. The minimum atomic E-state index is -1.34. The molecule has 0 aromatic rings. The van der Waals surface area contributed by atoms with E-state index in [1.165, 1.54) is 0 Å². The van der Waals surface area contributed by atoms with Crippen LogP contribution in [0.4, 0.5) is 0 Å². The number of rotatable bonds is 1. The van der Waals surface area contributed by atoms with Crippen molar-refractivity contribution in [3.63, 3.8) is 0 Å². The van der Waals surface area contributed by atoms with Crippen molar-refractivity contribution in [1.29, 1.82) is 0 Å². The average Bonchev–Trinajstić information content (AvgIpc) is 1.35. The van der Waals surface area contributed by atoms with Gasteiger partial charge < -0.3 is 15.9 Å². The lowest BCUT2D eigenvalue weighted by Gasteiger charge is -2.08.